The lowest BCUT2D eigenvalue weighted by atomic mass is 9.89. The maximum absolute atomic E-state index is 14.0. The minimum absolute atomic E-state index is 0.179. The van der Waals surface area contributed by atoms with E-state index in [0.29, 0.717) is 11.5 Å². The molecule has 1 aromatic carbocycles. The second-order valence-corrected chi connectivity index (χ2v) is 5.11. The maximum atomic E-state index is 14.0. The Morgan fingerprint density at radius 3 is 2.68 bits per heavy atom. The molecule has 0 spiro atoms. The number of aryl methyl sites for hydroxylation is 1. The Kier molecular flexibility index (Phi) is 3.34. The molecule has 100 valence electrons. The van der Waals surface area contributed by atoms with Crippen molar-refractivity contribution in [3.63, 3.8) is 0 Å². The molecule has 0 aliphatic carbocycles. The molecule has 4 heteroatoms. The van der Waals surface area contributed by atoms with Crippen molar-refractivity contribution in [3.8, 4) is 11.1 Å². The second-order valence-electron chi connectivity index (χ2n) is 5.11. The molecule has 1 aromatic heterocycles. The zero-order chi connectivity index (χ0) is 13.2. The predicted octanol–water partition coefficient (Wildman–Crippen LogP) is 2.99. The molecule has 2 N–H and O–H groups in total. The van der Waals surface area contributed by atoms with Crippen molar-refractivity contribution in [2.45, 2.75) is 25.7 Å². The third-order valence-electron chi connectivity index (χ3n) is 3.84. The summed E-state index contributed by atoms with van der Waals surface area (Å²) in [7, 11) is 0. The van der Waals surface area contributed by atoms with Gasteiger partial charge in [0.25, 0.3) is 0 Å². The first-order valence-corrected chi connectivity index (χ1v) is 6.78. The molecule has 3 rings (SSSR count). The van der Waals surface area contributed by atoms with Gasteiger partial charge >= 0.3 is 0 Å². The molecule has 2 aromatic rings. The van der Waals surface area contributed by atoms with E-state index in [0.717, 1.165) is 42.9 Å². The van der Waals surface area contributed by atoms with Crippen LogP contribution in [0, 0.1) is 12.7 Å². The van der Waals surface area contributed by atoms with Crippen LogP contribution in [0.1, 0.15) is 30.1 Å². The van der Waals surface area contributed by atoms with Crippen LogP contribution in [0.2, 0.25) is 0 Å². The van der Waals surface area contributed by atoms with Crippen molar-refractivity contribution >= 4 is 0 Å². The van der Waals surface area contributed by atoms with Crippen molar-refractivity contribution in [3.05, 3.63) is 41.5 Å². The zero-order valence-electron chi connectivity index (χ0n) is 11.0. The van der Waals surface area contributed by atoms with Crippen LogP contribution in [-0.2, 0) is 0 Å². The molecule has 0 amide bonds. The van der Waals surface area contributed by atoms with Crippen molar-refractivity contribution in [1.29, 1.82) is 0 Å². The Hall–Kier alpha value is -1.68. The summed E-state index contributed by atoms with van der Waals surface area (Å²) in [5.74, 6) is 0.239. The quantitative estimate of drug-likeness (QED) is 0.870. The number of piperidine rings is 1. The third-order valence-corrected chi connectivity index (χ3v) is 3.84. The highest BCUT2D eigenvalue weighted by atomic mass is 19.1. The fourth-order valence-corrected chi connectivity index (χ4v) is 2.84. The minimum Gasteiger partial charge on any atom is -0.317 e. The van der Waals surface area contributed by atoms with Crippen LogP contribution in [0.4, 0.5) is 4.39 Å². The largest absolute Gasteiger partial charge is 0.317 e. The van der Waals surface area contributed by atoms with Gasteiger partial charge in [0.2, 0.25) is 0 Å². The Balaban J connectivity index is 2.06. The summed E-state index contributed by atoms with van der Waals surface area (Å²) in [5.41, 5.74) is 3.56. The number of benzene rings is 1. The van der Waals surface area contributed by atoms with E-state index in [1.807, 2.05) is 19.1 Å². The molecular weight excluding hydrogens is 241 g/mol. The molecule has 1 aliphatic heterocycles. The van der Waals surface area contributed by atoms with Crippen molar-refractivity contribution in [2.75, 3.05) is 13.1 Å². The van der Waals surface area contributed by atoms with E-state index in [-0.39, 0.29) is 5.82 Å². The summed E-state index contributed by atoms with van der Waals surface area (Å²) in [6, 6.07) is 6.93. The van der Waals surface area contributed by atoms with E-state index in [9.17, 15) is 4.39 Å². The first-order chi connectivity index (χ1) is 9.27. The average molecular weight is 259 g/mol. The second kappa shape index (κ2) is 5.13. The molecule has 1 saturated heterocycles. The number of hydrogen-bond donors (Lipinski definition) is 2. The molecule has 0 saturated carbocycles. The van der Waals surface area contributed by atoms with E-state index >= 15 is 0 Å². The number of halogens is 1. The lowest BCUT2D eigenvalue weighted by Gasteiger charge is -2.22. The minimum atomic E-state index is -0.179. The van der Waals surface area contributed by atoms with Gasteiger partial charge in [0.05, 0.1) is 5.69 Å². The number of hydrogen-bond acceptors (Lipinski definition) is 2. The van der Waals surface area contributed by atoms with E-state index < -0.39 is 0 Å². The van der Waals surface area contributed by atoms with Crippen molar-refractivity contribution in [1.82, 2.24) is 15.5 Å². The summed E-state index contributed by atoms with van der Waals surface area (Å²) in [6.07, 6.45) is 2.12. The third kappa shape index (κ3) is 2.28. The molecule has 0 unspecified atom stereocenters. The summed E-state index contributed by atoms with van der Waals surface area (Å²) >= 11 is 0. The number of rotatable bonds is 2. The predicted molar refractivity (Wildman–Crippen MR) is 73.6 cm³/mol. The maximum Gasteiger partial charge on any atom is 0.131 e. The van der Waals surface area contributed by atoms with Gasteiger partial charge in [-0.1, -0.05) is 18.2 Å². The average Bonchev–Trinajstić information content (AvgIpc) is 2.82. The van der Waals surface area contributed by atoms with Gasteiger partial charge in [-0.05, 0) is 38.9 Å². The number of nitrogens with zero attached hydrogens (tertiary/aromatic N) is 1. The lowest BCUT2D eigenvalue weighted by molar-refractivity contribution is 0.453. The molecule has 0 radical (unpaired) electrons. The lowest BCUT2D eigenvalue weighted by Crippen LogP contribution is -2.27. The van der Waals surface area contributed by atoms with Gasteiger partial charge in [-0.2, -0.15) is 5.10 Å². The van der Waals surface area contributed by atoms with E-state index in [4.69, 9.17) is 0 Å². The number of aromatic nitrogens is 2. The molecule has 0 bridgehead atoms. The van der Waals surface area contributed by atoms with Crippen LogP contribution in [0.5, 0.6) is 0 Å². The molecule has 1 aliphatic rings. The Bertz CT molecular complexity index is 571. The van der Waals surface area contributed by atoms with Crippen LogP contribution < -0.4 is 5.32 Å². The normalized spacial score (nSPS) is 16.7. The summed E-state index contributed by atoms with van der Waals surface area (Å²) in [6.45, 7) is 3.97. The van der Waals surface area contributed by atoms with Crippen LogP contribution in [0.25, 0.3) is 11.1 Å². The van der Waals surface area contributed by atoms with Crippen molar-refractivity contribution < 1.29 is 4.39 Å². The van der Waals surface area contributed by atoms with Gasteiger partial charge in [0.15, 0.2) is 0 Å². The van der Waals surface area contributed by atoms with Gasteiger partial charge in [-0.15, -0.1) is 0 Å². The highest BCUT2D eigenvalue weighted by Gasteiger charge is 2.24. The SMILES string of the molecule is Cc1[nH]nc(C2CCNCC2)c1-c1ccccc1F. The first kappa shape index (κ1) is 12.4. The smallest absolute Gasteiger partial charge is 0.131 e. The Morgan fingerprint density at radius 2 is 1.95 bits per heavy atom. The fourth-order valence-electron chi connectivity index (χ4n) is 2.84. The highest BCUT2D eigenvalue weighted by Crippen LogP contribution is 2.35. The number of H-pyrrole nitrogens is 1. The zero-order valence-corrected chi connectivity index (χ0v) is 11.0. The highest BCUT2D eigenvalue weighted by molar-refractivity contribution is 5.69. The van der Waals surface area contributed by atoms with Crippen LogP contribution in [-0.4, -0.2) is 23.3 Å². The standard InChI is InChI=1S/C15H18FN3/c1-10-14(12-4-2-3-5-13(12)16)15(19-18-10)11-6-8-17-9-7-11/h2-5,11,17H,6-9H2,1H3,(H,18,19). The summed E-state index contributed by atoms with van der Waals surface area (Å²) in [5, 5.41) is 10.8. The number of nitrogens with one attached hydrogen (secondary N) is 2. The van der Waals surface area contributed by atoms with Gasteiger partial charge in [-0.3, -0.25) is 5.10 Å². The van der Waals surface area contributed by atoms with Crippen LogP contribution >= 0.6 is 0 Å². The Morgan fingerprint density at radius 1 is 1.21 bits per heavy atom. The molecule has 1 fully saturated rings. The molecule has 3 nitrogen and oxygen atoms in total. The molecular formula is C15H18FN3. The van der Waals surface area contributed by atoms with Crippen LogP contribution in [0.3, 0.4) is 0 Å². The molecule has 0 atom stereocenters. The van der Waals surface area contributed by atoms with Gasteiger partial charge in [0, 0.05) is 22.7 Å². The molecule has 2 heterocycles. The topological polar surface area (TPSA) is 40.7 Å². The number of aromatic amines is 1. The van der Waals surface area contributed by atoms with E-state index in [1.165, 1.54) is 6.07 Å². The summed E-state index contributed by atoms with van der Waals surface area (Å²) < 4.78 is 14.0. The van der Waals surface area contributed by atoms with Gasteiger partial charge in [-0.25, -0.2) is 4.39 Å². The van der Waals surface area contributed by atoms with Crippen molar-refractivity contribution in [2.24, 2.45) is 0 Å². The molecule has 19 heavy (non-hydrogen) atoms. The Labute approximate surface area is 112 Å². The van der Waals surface area contributed by atoms with E-state index in [1.54, 1.807) is 6.07 Å². The monoisotopic (exact) mass is 259 g/mol. The van der Waals surface area contributed by atoms with E-state index in [2.05, 4.69) is 15.5 Å². The first-order valence-electron chi connectivity index (χ1n) is 6.78. The van der Waals surface area contributed by atoms with Gasteiger partial charge in [0.1, 0.15) is 5.82 Å². The van der Waals surface area contributed by atoms with Crippen LogP contribution in [0.15, 0.2) is 24.3 Å². The summed E-state index contributed by atoms with van der Waals surface area (Å²) in [4.78, 5) is 0. The van der Waals surface area contributed by atoms with Gasteiger partial charge < -0.3 is 5.32 Å². The fraction of sp³-hybridized carbons (Fsp3) is 0.400.